The number of carbonyl (C=O) groups is 1. The van der Waals surface area contributed by atoms with Gasteiger partial charge in [0.25, 0.3) is 0 Å². The number of benzene rings is 2. The molecule has 1 atom stereocenters. The Bertz CT molecular complexity index is 905. The lowest BCUT2D eigenvalue weighted by molar-refractivity contribution is -0.121. The number of hydrogen-bond donors (Lipinski definition) is 1. The molecule has 0 aromatic heterocycles. The zero-order chi connectivity index (χ0) is 20.7. The van der Waals surface area contributed by atoms with Crippen molar-refractivity contribution in [3.05, 3.63) is 64.1 Å². The fourth-order valence-electron chi connectivity index (χ4n) is 2.78. The van der Waals surface area contributed by atoms with Crippen LogP contribution in [0.25, 0.3) is 0 Å². The topological polar surface area (TPSA) is 66.5 Å². The number of hydrogen-bond acceptors (Lipinski definition) is 3. The van der Waals surface area contributed by atoms with Gasteiger partial charge >= 0.3 is 0 Å². The molecule has 0 fully saturated rings. The third-order valence-electron chi connectivity index (χ3n) is 4.25. The number of amides is 1. The molecular formula is C20H24Cl2N2O3S. The Hall–Kier alpha value is -1.60. The van der Waals surface area contributed by atoms with Gasteiger partial charge in [0.05, 0.1) is 11.1 Å². The molecule has 2 aromatic rings. The van der Waals surface area contributed by atoms with Crippen molar-refractivity contribution in [3.8, 4) is 0 Å². The van der Waals surface area contributed by atoms with Crippen LogP contribution in [0.1, 0.15) is 38.3 Å². The summed E-state index contributed by atoms with van der Waals surface area (Å²) < 4.78 is 27.3. The lowest BCUT2D eigenvalue weighted by atomic mass is 10.1. The van der Waals surface area contributed by atoms with Crippen LogP contribution in [-0.2, 0) is 14.8 Å². The maximum Gasteiger partial charge on any atom is 0.244 e. The van der Waals surface area contributed by atoms with Gasteiger partial charge in [-0.15, -0.1) is 0 Å². The quantitative estimate of drug-likeness (QED) is 0.613. The lowest BCUT2D eigenvalue weighted by Crippen LogP contribution is -2.36. The van der Waals surface area contributed by atoms with Gasteiger partial charge in [-0.05, 0) is 37.1 Å². The van der Waals surface area contributed by atoms with Crippen molar-refractivity contribution in [1.29, 1.82) is 0 Å². The maximum absolute atomic E-state index is 13.0. The van der Waals surface area contributed by atoms with E-state index in [1.54, 1.807) is 0 Å². The smallest absolute Gasteiger partial charge is 0.244 e. The number of carbonyl (C=O) groups excluding carboxylic acids is 1. The largest absolute Gasteiger partial charge is 0.350 e. The van der Waals surface area contributed by atoms with Gasteiger partial charge in [0.15, 0.2) is 0 Å². The predicted octanol–water partition coefficient (Wildman–Crippen LogP) is 4.66. The zero-order valence-corrected chi connectivity index (χ0v) is 18.2. The Morgan fingerprint density at radius 2 is 1.79 bits per heavy atom. The summed E-state index contributed by atoms with van der Waals surface area (Å²) in [6, 6.07) is 13.7. The number of halogens is 2. The molecule has 2 rings (SSSR count). The van der Waals surface area contributed by atoms with Crippen LogP contribution in [0.5, 0.6) is 0 Å². The van der Waals surface area contributed by atoms with E-state index in [0.29, 0.717) is 6.42 Å². The van der Waals surface area contributed by atoms with Crippen molar-refractivity contribution in [2.75, 3.05) is 13.1 Å². The molecule has 0 aliphatic carbocycles. The van der Waals surface area contributed by atoms with Gasteiger partial charge in [0.2, 0.25) is 15.9 Å². The van der Waals surface area contributed by atoms with E-state index in [4.69, 9.17) is 23.2 Å². The molecule has 0 spiro atoms. The summed E-state index contributed by atoms with van der Waals surface area (Å²) in [5.41, 5.74) is 0.986. The van der Waals surface area contributed by atoms with Crippen LogP contribution in [0.2, 0.25) is 10.0 Å². The van der Waals surface area contributed by atoms with Crippen molar-refractivity contribution in [1.82, 2.24) is 9.62 Å². The first kappa shape index (κ1) is 22.7. The van der Waals surface area contributed by atoms with Gasteiger partial charge in [-0.3, -0.25) is 4.79 Å². The standard InChI is InChI=1S/C20H24Cl2N2O3S/c1-3-12-24(28(26,27)19-14-17(21)9-10-18(19)22)13-11-20(25)23-15(2)16-7-5-4-6-8-16/h4-10,14-15H,3,11-13H2,1-2H3,(H,23,25). The highest BCUT2D eigenvalue weighted by Crippen LogP contribution is 2.28. The van der Waals surface area contributed by atoms with E-state index in [-0.39, 0.29) is 46.4 Å². The van der Waals surface area contributed by atoms with Crippen LogP contribution in [0, 0.1) is 0 Å². The summed E-state index contributed by atoms with van der Waals surface area (Å²) in [6.45, 7) is 4.11. The first-order valence-corrected chi connectivity index (χ1v) is 11.2. The number of sulfonamides is 1. The molecule has 5 nitrogen and oxygen atoms in total. The molecule has 0 bridgehead atoms. The Morgan fingerprint density at radius 1 is 1.11 bits per heavy atom. The summed E-state index contributed by atoms with van der Waals surface area (Å²) in [5.74, 6) is -0.218. The van der Waals surface area contributed by atoms with E-state index in [1.165, 1.54) is 22.5 Å². The van der Waals surface area contributed by atoms with Crippen molar-refractivity contribution >= 4 is 39.1 Å². The number of nitrogens with zero attached hydrogens (tertiary/aromatic N) is 1. The van der Waals surface area contributed by atoms with Crippen molar-refractivity contribution in [2.24, 2.45) is 0 Å². The monoisotopic (exact) mass is 442 g/mol. The molecule has 0 saturated carbocycles. The molecular weight excluding hydrogens is 419 g/mol. The van der Waals surface area contributed by atoms with Gasteiger partial charge in [-0.2, -0.15) is 4.31 Å². The van der Waals surface area contributed by atoms with Crippen LogP contribution < -0.4 is 5.32 Å². The van der Waals surface area contributed by atoms with Crippen LogP contribution in [-0.4, -0.2) is 31.7 Å². The van der Waals surface area contributed by atoms with Crippen LogP contribution in [0.15, 0.2) is 53.4 Å². The Morgan fingerprint density at radius 3 is 2.43 bits per heavy atom. The van der Waals surface area contributed by atoms with E-state index >= 15 is 0 Å². The molecule has 0 saturated heterocycles. The number of nitrogens with one attached hydrogen (secondary N) is 1. The van der Waals surface area contributed by atoms with Crippen molar-refractivity contribution in [2.45, 2.75) is 37.6 Å². The highest BCUT2D eigenvalue weighted by molar-refractivity contribution is 7.89. The second kappa shape index (κ2) is 10.3. The first-order chi connectivity index (χ1) is 13.3. The van der Waals surface area contributed by atoms with E-state index in [0.717, 1.165) is 5.56 Å². The van der Waals surface area contributed by atoms with Crippen LogP contribution in [0.3, 0.4) is 0 Å². The molecule has 152 valence electrons. The third-order valence-corrected chi connectivity index (χ3v) is 6.86. The van der Waals surface area contributed by atoms with E-state index < -0.39 is 10.0 Å². The van der Waals surface area contributed by atoms with Gasteiger partial charge < -0.3 is 5.32 Å². The summed E-state index contributed by atoms with van der Waals surface area (Å²) in [7, 11) is -3.86. The van der Waals surface area contributed by atoms with Gasteiger partial charge in [0.1, 0.15) is 4.90 Å². The summed E-state index contributed by atoms with van der Waals surface area (Å²) in [4.78, 5) is 12.3. The van der Waals surface area contributed by atoms with Crippen LogP contribution >= 0.6 is 23.2 Å². The van der Waals surface area contributed by atoms with Crippen molar-refractivity contribution in [3.63, 3.8) is 0 Å². The first-order valence-electron chi connectivity index (χ1n) is 9.05. The normalized spacial score (nSPS) is 12.8. The minimum absolute atomic E-state index is 0.0480. The molecule has 28 heavy (non-hydrogen) atoms. The summed E-state index contributed by atoms with van der Waals surface area (Å²) in [6.07, 6.45) is 0.661. The fourth-order valence-corrected chi connectivity index (χ4v) is 5.05. The SMILES string of the molecule is CCCN(CCC(=O)NC(C)c1ccccc1)S(=O)(=O)c1cc(Cl)ccc1Cl. The molecule has 0 aliphatic heterocycles. The average Bonchev–Trinajstić information content (AvgIpc) is 2.67. The maximum atomic E-state index is 13.0. The number of rotatable bonds is 9. The molecule has 1 N–H and O–H groups in total. The highest BCUT2D eigenvalue weighted by atomic mass is 35.5. The minimum atomic E-state index is -3.86. The van der Waals surface area contributed by atoms with E-state index in [9.17, 15) is 13.2 Å². The van der Waals surface area contributed by atoms with E-state index in [1.807, 2.05) is 44.2 Å². The fraction of sp³-hybridized carbons (Fsp3) is 0.350. The van der Waals surface area contributed by atoms with Crippen LogP contribution in [0.4, 0.5) is 0 Å². The Kier molecular flexibility index (Phi) is 8.31. The van der Waals surface area contributed by atoms with E-state index in [2.05, 4.69) is 5.32 Å². The highest BCUT2D eigenvalue weighted by Gasteiger charge is 2.27. The molecule has 2 aromatic carbocycles. The molecule has 0 heterocycles. The Labute approximate surface area is 176 Å². The average molecular weight is 443 g/mol. The minimum Gasteiger partial charge on any atom is -0.350 e. The van der Waals surface area contributed by atoms with Crippen molar-refractivity contribution < 1.29 is 13.2 Å². The molecule has 1 amide bonds. The summed E-state index contributed by atoms with van der Waals surface area (Å²) in [5, 5.41) is 3.29. The predicted molar refractivity (Wildman–Crippen MR) is 113 cm³/mol. The zero-order valence-electron chi connectivity index (χ0n) is 15.9. The molecule has 8 heteroatoms. The molecule has 0 radical (unpaired) electrons. The summed E-state index contributed by atoms with van der Waals surface area (Å²) >= 11 is 12.0. The van der Waals surface area contributed by atoms with Gasteiger partial charge in [-0.1, -0.05) is 60.5 Å². The third kappa shape index (κ3) is 5.95. The molecule has 1 unspecified atom stereocenters. The molecule has 0 aliphatic rings. The van der Waals surface area contributed by atoms with Gasteiger partial charge in [-0.25, -0.2) is 8.42 Å². The van der Waals surface area contributed by atoms with Gasteiger partial charge in [0, 0.05) is 24.5 Å². The lowest BCUT2D eigenvalue weighted by Gasteiger charge is -2.23. The Balaban J connectivity index is 2.08. The second-order valence-corrected chi connectivity index (χ2v) is 9.18. The second-order valence-electron chi connectivity index (χ2n) is 6.43.